The van der Waals surface area contributed by atoms with Crippen LogP contribution >= 0.6 is 0 Å². The van der Waals surface area contributed by atoms with E-state index in [1.807, 2.05) is 54.6 Å². The van der Waals surface area contributed by atoms with Crippen LogP contribution in [0.3, 0.4) is 0 Å². The highest BCUT2D eigenvalue weighted by Crippen LogP contribution is 2.42. The number of aliphatic hydroxyl groups is 2. The van der Waals surface area contributed by atoms with Crippen LogP contribution in [-0.4, -0.2) is 72.3 Å². The fourth-order valence-corrected chi connectivity index (χ4v) is 6.60. The lowest BCUT2D eigenvalue weighted by molar-refractivity contribution is -0.0554. The summed E-state index contributed by atoms with van der Waals surface area (Å²) in [5.41, 5.74) is 2.70. The van der Waals surface area contributed by atoms with E-state index in [4.69, 9.17) is 0 Å². The molecule has 0 aromatic heterocycles. The molecular weight excluding hydrogens is 436 g/mol. The number of aliphatic hydroxyl groups excluding tert-OH is 2. The van der Waals surface area contributed by atoms with E-state index >= 15 is 0 Å². The third-order valence-corrected chi connectivity index (χ3v) is 8.46. The number of rotatable bonds is 5. The Balaban J connectivity index is 1.55. The Morgan fingerprint density at radius 1 is 1.06 bits per heavy atom. The predicted molar refractivity (Wildman–Crippen MR) is 129 cm³/mol. The first kappa shape index (κ1) is 23.9. The molecule has 4 atom stereocenters. The van der Waals surface area contributed by atoms with Crippen molar-refractivity contribution in [2.45, 2.75) is 49.6 Å². The molecule has 0 amide bonds. The minimum atomic E-state index is -3.45. The zero-order valence-corrected chi connectivity index (χ0v) is 19.8. The molecule has 0 bridgehead atoms. The molecule has 33 heavy (non-hydrogen) atoms. The van der Waals surface area contributed by atoms with Gasteiger partial charge in [-0.3, -0.25) is 4.90 Å². The molecule has 2 N–H and O–H groups in total. The average Bonchev–Trinajstić information content (AvgIpc) is 2.77. The maximum Gasteiger partial charge on any atom is 0.218 e. The molecule has 0 unspecified atom stereocenters. The summed E-state index contributed by atoms with van der Waals surface area (Å²) in [6.45, 7) is 3.50. The van der Waals surface area contributed by atoms with Crippen LogP contribution in [0, 0.1) is 11.8 Å². The fraction of sp³-hybridized carbons (Fsp3) is 0.462. The molecule has 2 saturated heterocycles. The lowest BCUT2D eigenvalue weighted by Crippen LogP contribution is -2.67. The van der Waals surface area contributed by atoms with Gasteiger partial charge in [0.1, 0.15) is 6.10 Å². The number of benzene rings is 2. The molecule has 0 radical (unpaired) electrons. The summed E-state index contributed by atoms with van der Waals surface area (Å²) in [7, 11) is -3.45. The van der Waals surface area contributed by atoms with E-state index < -0.39 is 16.1 Å². The van der Waals surface area contributed by atoms with Gasteiger partial charge < -0.3 is 10.2 Å². The van der Waals surface area contributed by atoms with Crippen molar-refractivity contribution in [3.63, 3.8) is 0 Å². The van der Waals surface area contributed by atoms with Crippen LogP contribution in [0.25, 0.3) is 0 Å². The molecule has 2 heterocycles. The number of hydrogen-bond donors (Lipinski definition) is 2. The molecule has 2 aliphatic heterocycles. The van der Waals surface area contributed by atoms with E-state index in [1.54, 1.807) is 11.2 Å². The van der Waals surface area contributed by atoms with Gasteiger partial charge in [-0.1, -0.05) is 54.3 Å². The summed E-state index contributed by atoms with van der Waals surface area (Å²) in [4.78, 5) is 2.27. The van der Waals surface area contributed by atoms with Crippen molar-refractivity contribution in [3.8, 4) is 11.8 Å². The number of fused-ring (bicyclic) bond motifs is 1. The van der Waals surface area contributed by atoms with Gasteiger partial charge in [0.15, 0.2) is 0 Å². The minimum Gasteiger partial charge on any atom is -0.395 e. The lowest BCUT2D eigenvalue weighted by Gasteiger charge is -2.57. The van der Waals surface area contributed by atoms with E-state index in [0.29, 0.717) is 13.1 Å². The number of sulfonamides is 1. The standard InChI is InChI=1S/C26H32N2O4S/c1-20(30)9-10-21-11-13-23(14-12-21)26-24-17-27(15-5-6-16-28(24)25(26)18-29)33(31,32)19-22-7-3-2-4-8-22/h2-4,7-8,11-14,20,24-26,29-30H,5-6,15-19H2,1H3/t20-,24-,25-,26-/m0/s1. The van der Waals surface area contributed by atoms with E-state index in [-0.39, 0.29) is 30.4 Å². The van der Waals surface area contributed by atoms with Gasteiger partial charge >= 0.3 is 0 Å². The monoisotopic (exact) mass is 468 g/mol. The summed E-state index contributed by atoms with van der Waals surface area (Å²) < 4.78 is 28.2. The molecule has 6 nitrogen and oxygen atoms in total. The highest BCUT2D eigenvalue weighted by molar-refractivity contribution is 7.88. The van der Waals surface area contributed by atoms with Gasteiger partial charge in [-0.15, -0.1) is 0 Å². The third-order valence-electron chi connectivity index (χ3n) is 6.64. The molecule has 0 saturated carbocycles. The van der Waals surface area contributed by atoms with Crippen LogP contribution in [0.4, 0.5) is 0 Å². The van der Waals surface area contributed by atoms with Crippen molar-refractivity contribution in [2.75, 3.05) is 26.2 Å². The molecule has 0 spiro atoms. The van der Waals surface area contributed by atoms with Crippen LogP contribution in [0.15, 0.2) is 54.6 Å². The number of hydrogen-bond acceptors (Lipinski definition) is 5. The van der Waals surface area contributed by atoms with Gasteiger partial charge in [0.05, 0.1) is 12.4 Å². The van der Waals surface area contributed by atoms with Crippen molar-refractivity contribution in [2.24, 2.45) is 0 Å². The summed E-state index contributed by atoms with van der Waals surface area (Å²) in [5.74, 6) is 5.76. The first-order valence-corrected chi connectivity index (χ1v) is 13.2. The van der Waals surface area contributed by atoms with Crippen LogP contribution < -0.4 is 0 Å². The van der Waals surface area contributed by atoms with Gasteiger partial charge in [-0.25, -0.2) is 12.7 Å². The smallest absolute Gasteiger partial charge is 0.218 e. The quantitative estimate of drug-likeness (QED) is 0.658. The third kappa shape index (κ3) is 5.48. The van der Waals surface area contributed by atoms with Crippen LogP contribution in [-0.2, 0) is 15.8 Å². The van der Waals surface area contributed by atoms with Crippen molar-refractivity contribution >= 4 is 10.0 Å². The summed E-state index contributed by atoms with van der Waals surface area (Å²) in [5, 5.41) is 19.5. The van der Waals surface area contributed by atoms with Gasteiger partial charge in [-0.05, 0) is 49.6 Å². The first-order valence-electron chi connectivity index (χ1n) is 11.6. The first-order chi connectivity index (χ1) is 15.9. The van der Waals surface area contributed by atoms with Crippen molar-refractivity contribution < 1.29 is 18.6 Å². The second kappa shape index (κ2) is 10.4. The van der Waals surface area contributed by atoms with Crippen LogP contribution in [0.2, 0.25) is 0 Å². The second-order valence-electron chi connectivity index (χ2n) is 8.96. The van der Waals surface area contributed by atoms with Gasteiger partial charge in [-0.2, -0.15) is 0 Å². The largest absolute Gasteiger partial charge is 0.395 e. The Hall–Kier alpha value is -2.21. The summed E-state index contributed by atoms with van der Waals surface area (Å²) >= 11 is 0. The minimum absolute atomic E-state index is 0.00526. The molecule has 2 fully saturated rings. The summed E-state index contributed by atoms with van der Waals surface area (Å²) in [6.07, 6.45) is 1.05. The van der Waals surface area contributed by atoms with Crippen LogP contribution in [0.1, 0.15) is 42.4 Å². The van der Waals surface area contributed by atoms with E-state index in [2.05, 4.69) is 16.7 Å². The lowest BCUT2D eigenvalue weighted by atomic mass is 9.74. The molecule has 2 aromatic rings. The Kier molecular flexibility index (Phi) is 7.52. The summed E-state index contributed by atoms with van der Waals surface area (Å²) in [6, 6.07) is 17.2. The average molecular weight is 469 g/mol. The maximum absolute atomic E-state index is 13.3. The maximum atomic E-state index is 13.3. The van der Waals surface area contributed by atoms with Crippen molar-refractivity contribution in [1.82, 2.24) is 9.21 Å². The van der Waals surface area contributed by atoms with Gasteiger partial charge in [0.2, 0.25) is 10.0 Å². The predicted octanol–water partition coefficient (Wildman–Crippen LogP) is 2.17. The van der Waals surface area contributed by atoms with Crippen molar-refractivity contribution in [3.05, 3.63) is 71.3 Å². The van der Waals surface area contributed by atoms with E-state index in [9.17, 15) is 18.6 Å². The zero-order chi connectivity index (χ0) is 23.4. The molecule has 4 rings (SSSR count). The number of nitrogens with zero attached hydrogens (tertiary/aromatic N) is 2. The van der Waals surface area contributed by atoms with Crippen molar-refractivity contribution in [1.29, 1.82) is 0 Å². The van der Waals surface area contributed by atoms with E-state index in [0.717, 1.165) is 36.1 Å². The Labute approximate surface area is 196 Å². The molecule has 176 valence electrons. The highest BCUT2D eigenvalue weighted by atomic mass is 32.2. The Bertz CT molecular complexity index is 1090. The fourth-order valence-electron chi connectivity index (χ4n) is 5.01. The molecule has 2 aliphatic rings. The molecular formula is C26H32N2O4S. The van der Waals surface area contributed by atoms with E-state index in [1.165, 1.54) is 0 Å². The topological polar surface area (TPSA) is 81.1 Å². The van der Waals surface area contributed by atoms with Crippen LogP contribution in [0.5, 0.6) is 0 Å². The normalized spacial score (nSPS) is 25.0. The molecule has 7 heteroatoms. The second-order valence-corrected chi connectivity index (χ2v) is 10.9. The molecule has 0 aliphatic carbocycles. The molecule has 2 aromatic carbocycles. The Morgan fingerprint density at radius 3 is 2.42 bits per heavy atom. The Morgan fingerprint density at radius 2 is 1.76 bits per heavy atom. The van der Waals surface area contributed by atoms with Gasteiger partial charge in [0, 0.05) is 36.7 Å². The zero-order valence-electron chi connectivity index (χ0n) is 19.0. The highest BCUT2D eigenvalue weighted by Gasteiger charge is 2.50. The SMILES string of the molecule is C[C@H](O)C#Cc1ccc([C@@H]2[C@H](CO)N3CCCCN(S(=O)(=O)Cc4ccccc4)C[C@@H]23)cc1. The van der Waals surface area contributed by atoms with Gasteiger partial charge in [0.25, 0.3) is 0 Å².